The summed E-state index contributed by atoms with van der Waals surface area (Å²) in [5.41, 5.74) is 3.93. The number of amides is 1. The van der Waals surface area contributed by atoms with Gasteiger partial charge in [-0.2, -0.15) is 5.26 Å². The van der Waals surface area contributed by atoms with Crippen molar-refractivity contribution in [1.82, 2.24) is 4.98 Å². The zero-order valence-corrected chi connectivity index (χ0v) is 18.9. The molecule has 1 aliphatic rings. The predicted molar refractivity (Wildman–Crippen MR) is 121 cm³/mol. The van der Waals surface area contributed by atoms with Crippen LogP contribution >= 0.6 is 11.8 Å². The van der Waals surface area contributed by atoms with Gasteiger partial charge in [0.15, 0.2) is 0 Å². The molecule has 0 radical (unpaired) electrons. The molecule has 1 amide bonds. The molecule has 5 nitrogen and oxygen atoms in total. The Morgan fingerprint density at radius 1 is 1.33 bits per heavy atom. The molecule has 1 heterocycles. The van der Waals surface area contributed by atoms with E-state index in [4.69, 9.17) is 9.72 Å². The summed E-state index contributed by atoms with van der Waals surface area (Å²) in [6.45, 7) is 6.84. The smallest absolute Gasteiger partial charge is 0.225 e. The number of nitriles is 1. The number of hydrogen-bond acceptors (Lipinski definition) is 5. The van der Waals surface area contributed by atoms with E-state index in [1.807, 2.05) is 30.3 Å². The molecule has 1 N–H and O–H groups in total. The molecule has 3 rings (SSSR count). The van der Waals surface area contributed by atoms with Crippen LogP contribution < -0.4 is 10.1 Å². The highest BCUT2D eigenvalue weighted by Crippen LogP contribution is 2.38. The Labute approximate surface area is 183 Å². The molecule has 158 valence electrons. The molecular weight excluding hydrogens is 394 g/mol. The van der Waals surface area contributed by atoms with Gasteiger partial charge in [0.1, 0.15) is 16.8 Å². The highest BCUT2D eigenvalue weighted by molar-refractivity contribution is 7.99. The minimum atomic E-state index is -0.0582. The van der Waals surface area contributed by atoms with Gasteiger partial charge in [0.25, 0.3) is 0 Å². The van der Waals surface area contributed by atoms with Gasteiger partial charge in [-0.1, -0.05) is 20.8 Å². The van der Waals surface area contributed by atoms with Crippen molar-refractivity contribution < 1.29 is 9.53 Å². The van der Waals surface area contributed by atoms with Crippen LogP contribution in [0.5, 0.6) is 5.75 Å². The number of hydrogen-bond donors (Lipinski definition) is 1. The van der Waals surface area contributed by atoms with Gasteiger partial charge in [0.2, 0.25) is 5.91 Å². The van der Waals surface area contributed by atoms with E-state index in [9.17, 15) is 10.1 Å². The number of fused-ring (bicyclic) bond motifs is 1. The van der Waals surface area contributed by atoms with Crippen molar-refractivity contribution in [3.8, 4) is 11.8 Å². The number of anilines is 1. The van der Waals surface area contributed by atoms with Gasteiger partial charge in [-0.25, -0.2) is 4.98 Å². The third-order valence-corrected chi connectivity index (χ3v) is 6.63. The number of thioether (sulfide) groups is 1. The quantitative estimate of drug-likeness (QED) is 0.644. The summed E-state index contributed by atoms with van der Waals surface area (Å²) in [5.74, 6) is 1.88. The van der Waals surface area contributed by atoms with Gasteiger partial charge in [-0.15, -0.1) is 11.8 Å². The van der Waals surface area contributed by atoms with Gasteiger partial charge < -0.3 is 10.1 Å². The van der Waals surface area contributed by atoms with E-state index in [0.717, 1.165) is 41.4 Å². The van der Waals surface area contributed by atoms with Crippen molar-refractivity contribution in [3.63, 3.8) is 0 Å². The van der Waals surface area contributed by atoms with E-state index in [1.54, 1.807) is 7.11 Å². The van der Waals surface area contributed by atoms with Crippen molar-refractivity contribution >= 4 is 23.4 Å². The first-order valence-corrected chi connectivity index (χ1v) is 11.3. The normalized spacial score (nSPS) is 15.8. The van der Waals surface area contributed by atoms with Crippen LogP contribution in [-0.4, -0.2) is 23.8 Å². The Balaban J connectivity index is 1.59. The van der Waals surface area contributed by atoms with Crippen molar-refractivity contribution in [1.29, 1.82) is 5.26 Å². The number of nitrogens with zero attached hydrogens (tertiary/aromatic N) is 2. The fraction of sp³-hybridized carbons (Fsp3) is 0.458. The molecule has 1 unspecified atom stereocenters. The van der Waals surface area contributed by atoms with E-state index in [-0.39, 0.29) is 11.3 Å². The second kappa shape index (κ2) is 9.53. The summed E-state index contributed by atoms with van der Waals surface area (Å²) in [6, 6.07) is 11.6. The Kier molecular flexibility index (Phi) is 7.04. The summed E-state index contributed by atoms with van der Waals surface area (Å²) in [6.07, 6.45) is 3.42. The average Bonchev–Trinajstić information content (AvgIpc) is 2.72. The van der Waals surface area contributed by atoms with Crippen LogP contribution in [0.25, 0.3) is 0 Å². The Morgan fingerprint density at radius 3 is 2.70 bits per heavy atom. The number of rotatable bonds is 6. The minimum absolute atomic E-state index is 0.0582. The van der Waals surface area contributed by atoms with Gasteiger partial charge in [0.05, 0.1) is 12.7 Å². The molecule has 1 aromatic carbocycles. The molecule has 0 aliphatic heterocycles. The number of carbonyl (C=O) groups is 1. The first kappa shape index (κ1) is 22.2. The largest absolute Gasteiger partial charge is 0.497 e. The topological polar surface area (TPSA) is 75.0 Å². The lowest BCUT2D eigenvalue weighted by Crippen LogP contribution is -2.27. The van der Waals surface area contributed by atoms with Crippen LogP contribution in [0.3, 0.4) is 0 Å². The van der Waals surface area contributed by atoms with Gasteiger partial charge in [-0.3, -0.25) is 4.79 Å². The molecule has 0 saturated heterocycles. The summed E-state index contributed by atoms with van der Waals surface area (Å²) in [5, 5.41) is 13.2. The third-order valence-electron chi connectivity index (χ3n) is 5.64. The highest BCUT2D eigenvalue weighted by atomic mass is 32.2. The monoisotopic (exact) mass is 423 g/mol. The number of ether oxygens (including phenoxy) is 1. The Bertz CT molecular complexity index is 943. The Morgan fingerprint density at radius 2 is 2.07 bits per heavy atom. The molecule has 1 aliphatic carbocycles. The van der Waals surface area contributed by atoms with Crippen LogP contribution in [-0.2, 0) is 17.6 Å². The molecule has 0 saturated carbocycles. The van der Waals surface area contributed by atoms with E-state index in [0.29, 0.717) is 23.7 Å². The van der Waals surface area contributed by atoms with E-state index >= 15 is 0 Å². The molecule has 0 bridgehead atoms. The molecule has 1 aromatic heterocycles. The van der Waals surface area contributed by atoms with Crippen LogP contribution in [0.1, 0.15) is 50.4 Å². The standard InChI is InChI=1S/C24H29N3O2S/c1-24(2,3)18-5-10-21-16(14-18)13-17(15-25)23(27-21)30-12-11-22(28)26-19-6-8-20(29-4)9-7-19/h6-9,13,18H,5,10-12,14H2,1-4H3,(H,26,28). The van der Waals surface area contributed by atoms with Crippen molar-refractivity contribution in [2.24, 2.45) is 11.3 Å². The molecular formula is C24H29N3O2S. The third kappa shape index (κ3) is 5.54. The van der Waals surface area contributed by atoms with Crippen LogP contribution in [0, 0.1) is 22.7 Å². The van der Waals surface area contributed by atoms with Crippen molar-refractivity contribution in [2.45, 2.75) is 51.5 Å². The van der Waals surface area contributed by atoms with Crippen LogP contribution in [0.2, 0.25) is 0 Å². The average molecular weight is 424 g/mol. The number of carbonyl (C=O) groups excluding carboxylic acids is 1. The van der Waals surface area contributed by atoms with Gasteiger partial charge >= 0.3 is 0 Å². The number of pyridine rings is 1. The minimum Gasteiger partial charge on any atom is -0.497 e. The van der Waals surface area contributed by atoms with E-state index in [2.05, 4.69) is 32.2 Å². The lowest BCUT2D eigenvalue weighted by molar-refractivity contribution is -0.115. The number of aryl methyl sites for hydroxylation is 1. The maximum atomic E-state index is 12.2. The van der Waals surface area contributed by atoms with Crippen LogP contribution in [0.15, 0.2) is 35.4 Å². The molecule has 0 fully saturated rings. The number of nitrogens with one attached hydrogen (secondary N) is 1. The first-order chi connectivity index (χ1) is 14.3. The van der Waals surface area contributed by atoms with Crippen LogP contribution in [0.4, 0.5) is 5.69 Å². The SMILES string of the molecule is COc1ccc(NC(=O)CCSc2nc3c(cc2C#N)CC(C(C)(C)C)CC3)cc1. The number of methoxy groups -OCH3 is 1. The molecule has 6 heteroatoms. The summed E-state index contributed by atoms with van der Waals surface area (Å²) >= 11 is 1.48. The fourth-order valence-electron chi connectivity index (χ4n) is 3.71. The fourth-order valence-corrected chi connectivity index (χ4v) is 4.63. The predicted octanol–water partition coefficient (Wildman–Crippen LogP) is 5.23. The summed E-state index contributed by atoms with van der Waals surface area (Å²) in [7, 11) is 1.61. The maximum Gasteiger partial charge on any atom is 0.225 e. The maximum absolute atomic E-state index is 12.2. The first-order valence-electron chi connectivity index (χ1n) is 10.3. The summed E-state index contributed by atoms with van der Waals surface area (Å²) < 4.78 is 5.12. The van der Waals surface area contributed by atoms with E-state index in [1.165, 1.54) is 17.3 Å². The Hall–Kier alpha value is -2.52. The second-order valence-electron chi connectivity index (χ2n) is 8.74. The highest BCUT2D eigenvalue weighted by Gasteiger charge is 2.30. The van der Waals surface area contributed by atoms with E-state index < -0.39 is 0 Å². The van der Waals surface area contributed by atoms with Crippen molar-refractivity contribution in [3.05, 3.63) is 47.2 Å². The molecule has 0 spiro atoms. The number of benzene rings is 1. The zero-order valence-electron chi connectivity index (χ0n) is 18.1. The zero-order chi connectivity index (χ0) is 21.7. The van der Waals surface area contributed by atoms with Gasteiger partial charge in [0, 0.05) is 23.6 Å². The molecule has 1 atom stereocenters. The molecule has 2 aromatic rings. The number of aromatic nitrogens is 1. The van der Waals surface area contributed by atoms with Gasteiger partial charge in [-0.05, 0) is 66.5 Å². The summed E-state index contributed by atoms with van der Waals surface area (Å²) in [4.78, 5) is 17.0. The second-order valence-corrected chi connectivity index (χ2v) is 9.82. The van der Waals surface area contributed by atoms with Crippen molar-refractivity contribution in [2.75, 3.05) is 18.2 Å². The lowest BCUT2D eigenvalue weighted by Gasteiger charge is -2.34. The molecule has 30 heavy (non-hydrogen) atoms. The lowest BCUT2D eigenvalue weighted by atomic mass is 9.71.